The molecule has 4 nitrogen and oxygen atoms in total. The number of aromatic nitrogens is 1. The molecule has 0 spiro atoms. The van der Waals surface area contributed by atoms with Gasteiger partial charge >= 0.3 is 6.18 Å². The molecule has 1 heterocycles. The summed E-state index contributed by atoms with van der Waals surface area (Å²) in [5.74, 6) is 0.269. The van der Waals surface area contributed by atoms with Crippen molar-refractivity contribution in [2.45, 2.75) is 20.0 Å². The van der Waals surface area contributed by atoms with Gasteiger partial charge in [-0.25, -0.2) is 0 Å². The lowest BCUT2D eigenvalue weighted by Gasteiger charge is -2.09. The maximum atomic E-state index is 12.2. The van der Waals surface area contributed by atoms with Gasteiger partial charge in [-0.05, 0) is 59.7 Å². The number of hydrogen-bond acceptors (Lipinski definition) is 5. The lowest BCUT2D eigenvalue weighted by atomic mass is 10.2. The maximum absolute atomic E-state index is 12.2. The van der Waals surface area contributed by atoms with E-state index in [1.807, 2.05) is 19.1 Å². The molecular formula is C16H19BrF3N3OS. The first-order chi connectivity index (χ1) is 11.8. The number of hydrogen-bond donors (Lipinski definition) is 1. The number of nitrogens with zero attached hydrogens (tertiary/aromatic N) is 2. The Balaban J connectivity index is 2.86. The highest BCUT2D eigenvalue weighted by Gasteiger charge is 2.25. The molecule has 1 N–H and O–H groups in total. The fourth-order valence-corrected chi connectivity index (χ4v) is 3.07. The molecule has 0 radical (unpaired) electrons. The van der Waals surface area contributed by atoms with Crippen molar-refractivity contribution in [3.8, 4) is 0 Å². The molecule has 0 fully saturated rings. The van der Waals surface area contributed by atoms with Crippen LogP contribution in [0.15, 0.2) is 39.7 Å². The Bertz CT molecular complexity index is 679. The third-order valence-corrected chi connectivity index (χ3v) is 5.06. The highest BCUT2D eigenvalue weighted by atomic mass is 79.9. The van der Waals surface area contributed by atoms with Crippen LogP contribution in [0.5, 0.6) is 0 Å². The van der Waals surface area contributed by atoms with Crippen LogP contribution in [-0.2, 0) is 4.74 Å². The number of halogens is 4. The highest BCUT2D eigenvalue weighted by Crippen LogP contribution is 2.31. The van der Waals surface area contributed by atoms with Crippen LogP contribution in [-0.4, -0.2) is 37.0 Å². The Hall–Kier alpha value is -1.61. The van der Waals surface area contributed by atoms with E-state index in [1.54, 1.807) is 26.2 Å². The summed E-state index contributed by atoms with van der Waals surface area (Å²) in [7, 11) is 1.78. The second-order valence-corrected chi connectivity index (χ2v) is 6.38. The first-order valence-electron chi connectivity index (χ1n) is 7.29. The van der Waals surface area contributed by atoms with Crippen molar-refractivity contribution in [2.24, 2.45) is 4.99 Å². The standard InChI is InChI=1S/C16H19BrF3N3OS/c1-4-13(8-22-10-16(18,19)20)24-9-12(6-5-7-21-3)15-14(17)11(2)23-25-15/h4-8,21H,9-10H2,1-3H3/b7-5-,12-6+,13-4+,22-8?. The Labute approximate surface area is 157 Å². The van der Waals surface area contributed by atoms with Crippen molar-refractivity contribution in [1.29, 1.82) is 0 Å². The minimum absolute atomic E-state index is 0.173. The predicted molar refractivity (Wildman–Crippen MR) is 99.9 cm³/mol. The normalized spacial score (nSPS) is 13.9. The van der Waals surface area contributed by atoms with E-state index in [1.165, 1.54) is 11.5 Å². The second kappa shape index (κ2) is 10.4. The lowest BCUT2D eigenvalue weighted by Crippen LogP contribution is -2.12. The fraction of sp³-hybridized carbons (Fsp3) is 0.375. The van der Waals surface area contributed by atoms with E-state index in [4.69, 9.17) is 4.74 Å². The van der Waals surface area contributed by atoms with Gasteiger partial charge in [0.1, 0.15) is 18.9 Å². The van der Waals surface area contributed by atoms with Gasteiger partial charge in [-0.1, -0.05) is 6.08 Å². The Morgan fingerprint density at radius 2 is 2.16 bits per heavy atom. The molecule has 0 unspecified atom stereocenters. The molecule has 0 bridgehead atoms. The van der Waals surface area contributed by atoms with Crippen molar-refractivity contribution >= 4 is 39.3 Å². The number of rotatable bonds is 8. The predicted octanol–water partition coefficient (Wildman–Crippen LogP) is 4.88. The van der Waals surface area contributed by atoms with E-state index in [-0.39, 0.29) is 12.4 Å². The topological polar surface area (TPSA) is 46.5 Å². The average Bonchev–Trinajstić information content (AvgIpc) is 2.87. The Morgan fingerprint density at radius 1 is 1.44 bits per heavy atom. The summed E-state index contributed by atoms with van der Waals surface area (Å²) < 4.78 is 47.2. The molecule has 0 aromatic carbocycles. The summed E-state index contributed by atoms with van der Waals surface area (Å²) in [6.45, 7) is 2.49. The monoisotopic (exact) mass is 437 g/mol. The molecule has 0 saturated carbocycles. The average molecular weight is 438 g/mol. The van der Waals surface area contributed by atoms with Crippen molar-refractivity contribution < 1.29 is 17.9 Å². The van der Waals surface area contributed by atoms with Gasteiger partial charge in [0.2, 0.25) is 0 Å². The summed E-state index contributed by atoms with van der Waals surface area (Å²) in [6, 6.07) is 0. The molecule has 1 rings (SSSR count). The SMILES string of the molecule is C/C=C(\C=NCC(F)(F)F)OC/C(=C\C=C/NC)c1snc(C)c1Br. The van der Waals surface area contributed by atoms with Crippen LogP contribution in [0.25, 0.3) is 5.57 Å². The molecule has 0 aliphatic rings. The molecule has 0 atom stereocenters. The van der Waals surface area contributed by atoms with Crippen molar-refractivity contribution in [2.75, 3.05) is 20.2 Å². The fourth-order valence-electron chi connectivity index (χ4n) is 1.60. The van der Waals surface area contributed by atoms with Crippen LogP contribution in [0.2, 0.25) is 0 Å². The van der Waals surface area contributed by atoms with Crippen LogP contribution in [0.4, 0.5) is 13.2 Å². The minimum atomic E-state index is -4.33. The third kappa shape index (κ3) is 7.87. The third-order valence-electron chi connectivity index (χ3n) is 2.81. The van der Waals surface area contributed by atoms with Crippen molar-refractivity contribution in [3.05, 3.63) is 45.2 Å². The molecule has 25 heavy (non-hydrogen) atoms. The van der Waals surface area contributed by atoms with Gasteiger partial charge in [-0.15, -0.1) is 0 Å². The number of aliphatic imine (C=N–C) groups is 1. The van der Waals surface area contributed by atoms with Gasteiger partial charge in [-0.2, -0.15) is 17.5 Å². The van der Waals surface area contributed by atoms with Crippen molar-refractivity contribution in [3.63, 3.8) is 0 Å². The summed E-state index contributed by atoms with van der Waals surface area (Å²) in [4.78, 5) is 4.26. The largest absolute Gasteiger partial charge is 0.488 e. The van der Waals surface area contributed by atoms with Gasteiger partial charge < -0.3 is 10.1 Å². The summed E-state index contributed by atoms with van der Waals surface area (Å²) >= 11 is 4.82. The van der Waals surface area contributed by atoms with Gasteiger partial charge in [0, 0.05) is 12.6 Å². The van der Waals surface area contributed by atoms with Gasteiger partial charge in [0.05, 0.1) is 21.3 Å². The number of nitrogens with one attached hydrogen (secondary N) is 1. The number of alkyl halides is 3. The number of aryl methyl sites for hydroxylation is 1. The summed E-state index contributed by atoms with van der Waals surface area (Å²) in [5, 5.41) is 2.88. The first-order valence-corrected chi connectivity index (χ1v) is 8.86. The molecule has 9 heteroatoms. The molecule has 138 valence electrons. The van der Waals surface area contributed by atoms with E-state index >= 15 is 0 Å². The van der Waals surface area contributed by atoms with Crippen molar-refractivity contribution in [1.82, 2.24) is 9.69 Å². The quantitative estimate of drug-likeness (QED) is 0.358. The Kier molecular flexibility index (Phi) is 8.91. The molecule has 0 aliphatic carbocycles. The van der Waals surface area contributed by atoms with E-state index < -0.39 is 12.7 Å². The van der Waals surface area contributed by atoms with Gasteiger partial charge in [-0.3, -0.25) is 4.99 Å². The molecule has 1 aromatic heterocycles. The zero-order chi connectivity index (χ0) is 18.9. The van der Waals surface area contributed by atoms with E-state index in [2.05, 4.69) is 30.6 Å². The molecule has 1 aromatic rings. The van der Waals surface area contributed by atoms with Crippen LogP contribution in [0.3, 0.4) is 0 Å². The van der Waals surface area contributed by atoms with Crippen LogP contribution < -0.4 is 5.32 Å². The molecular weight excluding hydrogens is 419 g/mol. The molecule has 0 amide bonds. The number of ether oxygens (including phenoxy) is 1. The Morgan fingerprint density at radius 3 is 2.68 bits per heavy atom. The second-order valence-electron chi connectivity index (χ2n) is 4.82. The van der Waals surface area contributed by atoms with Gasteiger partial charge in [0.25, 0.3) is 0 Å². The smallest absolute Gasteiger partial charge is 0.407 e. The minimum Gasteiger partial charge on any atom is -0.488 e. The molecule has 0 aliphatic heterocycles. The van der Waals surface area contributed by atoms with E-state index in [0.29, 0.717) is 0 Å². The zero-order valence-corrected chi connectivity index (χ0v) is 16.4. The number of allylic oxidation sites excluding steroid dienone is 4. The zero-order valence-electron chi connectivity index (χ0n) is 14.0. The van der Waals surface area contributed by atoms with E-state index in [9.17, 15) is 13.2 Å². The first kappa shape index (κ1) is 21.4. The lowest BCUT2D eigenvalue weighted by molar-refractivity contribution is -0.118. The summed E-state index contributed by atoms with van der Waals surface area (Å²) in [6.07, 6.45) is 3.74. The van der Waals surface area contributed by atoms with Crippen LogP contribution >= 0.6 is 27.5 Å². The maximum Gasteiger partial charge on any atom is 0.407 e. The van der Waals surface area contributed by atoms with Crippen LogP contribution in [0.1, 0.15) is 17.5 Å². The van der Waals surface area contributed by atoms with Gasteiger partial charge in [0.15, 0.2) is 0 Å². The molecule has 0 saturated heterocycles. The van der Waals surface area contributed by atoms with E-state index in [0.717, 1.165) is 26.8 Å². The van der Waals surface area contributed by atoms with Crippen LogP contribution in [0, 0.1) is 6.92 Å². The highest BCUT2D eigenvalue weighted by molar-refractivity contribution is 9.10. The summed E-state index contributed by atoms with van der Waals surface area (Å²) in [5.41, 5.74) is 1.70.